The van der Waals surface area contributed by atoms with Crippen LogP contribution in [-0.2, 0) is 11.2 Å². The second-order valence-corrected chi connectivity index (χ2v) is 8.20. The molecule has 0 radical (unpaired) electrons. The van der Waals surface area contributed by atoms with Gasteiger partial charge in [0.25, 0.3) is 0 Å². The number of halogens is 1. The molecule has 0 amide bonds. The minimum absolute atomic E-state index is 0.133. The first kappa shape index (κ1) is 17.6. The van der Waals surface area contributed by atoms with Gasteiger partial charge in [-0.05, 0) is 42.0 Å². The zero-order valence-corrected chi connectivity index (χ0v) is 16.0. The third kappa shape index (κ3) is 3.05. The average Bonchev–Trinajstić information content (AvgIpc) is 3.30. The van der Waals surface area contributed by atoms with Gasteiger partial charge in [0, 0.05) is 28.8 Å². The third-order valence-corrected chi connectivity index (χ3v) is 6.60. The van der Waals surface area contributed by atoms with Crippen molar-refractivity contribution >= 4 is 17.4 Å². The average molecular weight is 369 g/mol. The van der Waals surface area contributed by atoms with Crippen molar-refractivity contribution in [2.75, 3.05) is 7.11 Å². The van der Waals surface area contributed by atoms with Crippen LogP contribution in [0.2, 0.25) is 5.02 Å². The molecule has 2 aromatic rings. The highest BCUT2D eigenvalue weighted by molar-refractivity contribution is 6.30. The van der Waals surface area contributed by atoms with E-state index in [4.69, 9.17) is 16.3 Å². The number of rotatable bonds is 5. The topological polar surface area (TPSA) is 26.3 Å². The van der Waals surface area contributed by atoms with Gasteiger partial charge in [-0.1, -0.05) is 61.2 Å². The highest BCUT2D eigenvalue weighted by Gasteiger charge is 2.66. The molecule has 0 aliphatic heterocycles. The molecule has 2 aliphatic carbocycles. The van der Waals surface area contributed by atoms with Crippen molar-refractivity contribution in [2.24, 2.45) is 11.3 Å². The second-order valence-electron chi connectivity index (χ2n) is 7.76. The molecule has 2 aliphatic rings. The van der Waals surface area contributed by atoms with Crippen LogP contribution in [0.3, 0.4) is 0 Å². The summed E-state index contributed by atoms with van der Waals surface area (Å²) in [4.78, 5) is 13.3. The van der Waals surface area contributed by atoms with Gasteiger partial charge in [0.2, 0.25) is 0 Å². The molecule has 0 N–H and O–H groups in total. The molecule has 3 heteroatoms. The Labute approximate surface area is 160 Å². The van der Waals surface area contributed by atoms with Gasteiger partial charge in [0.1, 0.15) is 11.5 Å². The fourth-order valence-corrected chi connectivity index (χ4v) is 5.39. The Morgan fingerprint density at radius 2 is 1.85 bits per heavy atom. The first-order valence-electron chi connectivity index (χ1n) is 9.56. The van der Waals surface area contributed by atoms with Crippen LogP contribution in [0.1, 0.15) is 49.1 Å². The molecule has 2 atom stereocenters. The number of hydrogen-bond donors (Lipinski definition) is 0. The molecule has 1 spiro atoms. The van der Waals surface area contributed by atoms with E-state index in [1.807, 2.05) is 18.2 Å². The molecule has 0 saturated heterocycles. The van der Waals surface area contributed by atoms with Crippen LogP contribution in [0.25, 0.3) is 0 Å². The number of benzene rings is 2. The predicted molar refractivity (Wildman–Crippen MR) is 105 cm³/mol. The molecule has 0 bridgehead atoms. The summed E-state index contributed by atoms with van der Waals surface area (Å²) in [6.07, 6.45) is 6.54. The van der Waals surface area contributed by atoms with E-state index in [0.29, 0.717) is 23.1 Å². The molecule has 2 saturated carbocycles. The van der Waals surface area contributed by atoms with Crippen LogP contribution in [0.5, 0.6) is 5.75 Å². The summed E-state index contributed by atoms with van der Waals surface area (Å²) >= 11 is 6.15. The maximum Gasteiger partial charge on any atom is 0.141 e. The van der Waals surface area contributed by atoms with E-state index in [-0.39, 0.29) is 11.3 Å². The van der Waals surface area contributed by atoms with Crippen LogP contribution in [-0.4, -0.2) is 12.9 Å². The molecule has 0 aromatic heterocycles. The van der Waals surface area contributed by atoms with E-state index in [9.17, 15) is 4.79 Å². The Kier molecular flexibility index (Phi) is 4.79. The summed E-state index contributed by atoms with van der Waals surface area (Å²) in [6, 6.07) is 16.1. The summed E-state index contributed by atoms with van der Waals surface area (Å²) in [5.41, 5.74) is 2.41. The fourth-order valence-electron chi connectivity index (χ4n) is 5.20. The number of carbonyl (C=O) groups is 1. The summed E-state index contributed by atoms with van der Waals surface area (Å²) in [6.45, 7) is 0. The molecular weight excluding hydrogens is 344 g/mol. The van der Waals surface area contributed by atoms with Crippen molar-refractivity contribution in [1.29, 1.82) is 0 Å². The molecule has 4 rings (SSSR count). The lowest BCUT2D eigenvalue weighted by Crippen LogP contribution is -2.16. The quantitative estimate of drug-likeness (QED) is 0.664. The molecule has 2 fully saturated rings. The molecular formula is C23H25ClO2. The van der Waals surface area contributed by atoms with Gasteiger partial charge < -0.3 is 4.74 Å². The normalized spacial score (nSPS) is 23.6. The molecule has 136 valence electrons. The highest BCUT2D eigenvalue weighted by atomic mass is 35.5. The van der Waals surface area contributed by atoms with Gasteiger partial charge in [-0.15, -0.1) is 0 Å². The Balaban J connectivity index is 1.61. The van der Waals surface area contributed by atoms with Crippen LogP contribution in [0, 0.1) is 11.3 Å². The van der Waals surface area contributed by atoms with Crippen molar-refractivity contribution in [3.63, 3.8) is 0 Å². The molecule has 2 aromatic carbocycles. The zero-order chi connectivity index (χ0) is 18.1. The van der Waals surface area contributed by atoms with Crippen LogP contribution >= 0.6 is 11.6 Å². The minimum Gasteiger partial charge on any atom is -0.496 e. The van der Waals surface area contributed by atoms with E-state index < -0.39 is 0 Å². The van der Waals surface area contributed by atoms with E-state index in [1.165, 1.54) is 37.7 Å². The van der Waals surface area contributed by atoms with Gasteiger partial charge in [0.05, 0.1) is 7.11 Å². The largest absolute Gasteiger partial charge is 0.496 e. The van der Waals surface area contributed by atoms with Crippen molar-refractivity contribution in [1.82, 2.24) is 0 Å². The van der Waals surface area contributed by atoms with Gasteiger partial charge in [-0.2, -0.15) is 0 Å². The van der Waals surface area contributed by atoms with Gasteiger partial charge in [-0.3, -0.25) is 4.79 Å². The monoisotopic (exact) mass is 368 g/mol. The van der Waals surface area contributed by atoms with Crippen LogP contribution in [0.15, 0.2) is 48.5 Å². The van der Waals surface area contributed by atoms with E-state index in [1.54, 1.807) is 13.2 Å². The summed E-state index contributed by atoms with van der Waals surface area (Å²) in [7, 11) is 1.64. The van der Waals surface area contributed by atoms with Crippen molar-refractivity contribution in [3.05, 3.63) is 64.7 Å². The Morgan fingerprint density at radius 1 is 1.12 bits per heavy atom. The number of carbonyl (C=O) groups excluding carboxylic acids is 1. The molecule has 2 nitrogen and oxygen atoms in total. The Bertz CT molecular complexity index is 793. The maximum absolute atomic E-state index is 13.3. The van der Waals surface area contributed by atoms with E-state index in [0.717, 1.165) is 11.3 Å². The fraction of sp³-hybridized carbons (Fsp3) is 0.435. The maximum atomic E-state index is 13.3. The molecule has 26 heavy (non-hydrogen) atoms. The van der Waals surface area contributed by atoms with Gasteiger partial charge >= 0.3 is 0 Å². The SMILES string of the molecule is COc1ccc(Cl)cc1CC(=O)[C@@H]1[C@@H](c2ccccc2)C12CCCCC2. The third-order valence-electron chi connectivity index (χ3n) is 6.36. The van der Waals surface area contributed by atoms with Crippen molar-refractivity contribution in [3.8, 4) is 5.75 Å². The van der Waals surface area contributed by atoms with E-state index >= 15 is 0 Å². The summed E-state index contributed by atoms with van der Waals surface area (Å²) in [5.74, 6) is 1.59. The van der Waals surface area contributed by atoms with Crippen LogP contribution in [0.4, 0.5) is 0 Å². The lowest BCUT2D eigenvalue weighted by molar-refractivity contribution is -0.120. The summed E-state index contributed by atoms with van der Waals surface area (Å²) in [5, 5.41) is 0.649. The lowest BCUT2D eigenvalue weighted by atomic mass is 9.81. The number of ketones is 1. The standard InChI is InChI=1S/C23H25ClO2/c1-26-20-11-10-18(24)14-17(20)15-19(25)22-21(16-8-4-2-5-9-16)23(22)12-6-3-7-13-23/h2,4-5,8-11,14,21-22H,3,6-7,12-13,15H2,1H3/t21-,22-/m1/s1. The molecule has 0 heterocycles. The zero-order valence-electron chi connectivity index (χ0n) is 15.2. The highest BCUT2D eigenvalue weighted by Crippen LogP contribution is 2.71. The molecule has 0 unspecified atom stereocenters. The number of ether oxygens (including phenoxy) is 1. The number of Topliss-reactive ketones (excluding diaryl/α,β-unsaturated/α-hetero) is 1. The van der Waals surface area contributed by atoms with E-state index in [2.05, 4.69) is 24.3 Å². The summed E-state index contributed by atoms with van der Waals surface area (Å²) < 4.78 is 5.44. The van der Waals surface area contributed by atoms with Crippen molar-refractivity contribution < 1.29 is 9.53 Å². The minimum atomic E-state index is 0.133. The smallest absolute Gasteiger partial charge is 0.141 e. The second kappa shape index (κ2) is 7.08. The van der Waals surface area contributed by atoms with Crippen LogP contribution < -0.4 is 4.74 Å². The first-order valence-corrected chi connectivity index (χ1v) is 9.93. The lowest BCUT2D eigenvalue weighted by Gasteiger charge is -2.23. The number of hydrogen-bond acceptors (Lipinski definition) is 2. The predicted octanol–water partition coefficient (Wildman–Crippen LogP) is 5.82. The number of methoxy groups -OCH3 is 1. The van der Waals surface area contributed by atoms with Gasteiger partial charge in [0.15, 0.2) is 0 Å². The van der Waals surface area contributed by atoms with Crippen molar-refractivity contribution in [2.45, 2.75) is 44.4 Å². The Morgan fingerprint density at radius 3 is 2.54 bits per heavy atom. The first-order chi connectivity index (χ1) is 12.7. The Hall–Kier alpha value is -1.80. The van der Waals surface area contributed by atoms with Gasteiger partial charge in [-0.25, -0.2) is 0 Å².